The summed E-state index contributed by atoms with van der Waals surface area (Å²) in [6.45, 7) is 0. The molecule has 12 aromatic rings. The standard InChI is InChI=1S/C51H36B6N4O2/c52-35-23-37(54)45-41(43(35)56)42-44(57)36(53)24-38(55)46(42)61(45)28-21-33-30-19-18-27(51-59-49(25-10-3-1-4-11-25)58-50(60-51)26-12-5-2-6-13-26)20-40(30)63-48(33)34(22-28)32-16-9-15-31-29-14-7-8-17-39(29)62-47(31)32/h1-24H,52-57H2. The van der Waals surface area contributed by atoms with Crippen LogP contribution in [-0.4, -0.2) is 66.6 Å². The maximum atomic E-state index is 7.10. The maximum Gasteiger partial charge on any atom is 0.164 e. The number of furan rings is 2. The van der Waals surface area contributed by atoms with E-state index in [1.165, 1.54) is 54.6 Å². The molecule has 4 heterocycles. The number of nitrogens with zero attached hydrogens (tertiary/aromatic N) is 4. The fraction of sp³-hybridized carbons (Fsp3) is 0. The van der Waals surface area contributed by atoms with E-state index >= 15 is 0 Å². The number of fused-ring (bicyclic) bond motifs is 9. The highest BCUT2D eigenvalue weighted by Gasteiger charge is 2.25. The van der Waals surface area contributed by atoms with Crippen molar-refractivity contribution in [2.24, 2.45) is 0 Å². The third kappa shape index (κ3) is 5.70. The molecule has 0 N–H and O–H groups in total. The first-order valence-corrected chi connectivity index (χ1v) is 21.5. The van der Waals surface area contributed by atoms with E-state index < -0.39 is 0 Å². The second kappa shape index (κ2) is 14.0. The Bertz CT molecular complexity index is 3750. The number of para-hydroxylation sites is 2. The summed E-state index contributed by atoms with van der Waals surface area (Å²) in [5.41, 5.74) is 19.1. The Kier molecular flexibility index (Phi) is 8.32. The van der Waals surface area contributed by atoms with Gasteiger partial charge in [-0.1, -0.05) is 148 Å². The van der Waals surface area contributed by atoms with Crippen LogP contribution < -0.4 is 32.8 Å². The molecule has 8 aromatic carbocycles. The Hall–Kier alpha value is -7.44. The van der Waals surface area contributed by atoms with Gasteiger partial charge in [0.15, 0.2) is 17.5 Å². The second-order valence-corrected chi connectivity index (χ2v) is 17.1. The van der Waals surface area contributed by atoms with E-state index in [1.54, 1.807) is 0 Å². The number of benzene rings is 8. The molecule has 0 unspecified atom stereocenters. The Morgan fingerprint density at radius 3 is 1.54 bits per heavy atom. The largest absolute Gasteiger partial charge is 0.455 e. The fourth-order valence-electron chi connectivity index (χ4n) is 9.93. The Balaban J connectivity index is 1.16. The molecule has 0 atom stereocenters. The minimum Gasteiger partial charge on any atom is -0.455 e. The third-order valence-electron chi connectivity index (χ3n) is 13.2. The molecule has 0 aliphatic rings. The highest BCUT2D eigenvalue weighted by atomic mass is 16.3. The van der Waals surface area contributed by atoms with Gasteiger partial charge in [0, 0.05) is 66.1 Å². The summed E-state index contributed by atoms with van der Waals surface area (Å²) in [5.74, 6) is 1.80. The van der Waals surface area contributed by atoms with Crippen molar-refractivity contribution in [1.29, 1.82) is 0 Å². The molecular formula is C51H36B6N4O2. The molecule has 0 saturated carbocycles. The topological polar surface area (TPSA) is 69.9 Å². The van der Waals surface area contributed by atoms with E-state index in [-0.39, 0.29) is 0 Å². The summed E-state index contributed by atoms with van der Waals surface area (Å²) in [4.78, 5) is 15.0. The van der Waals surface area contributed by atoms with Crippen LogP contribution in [0.1, 0.15) is 0 Å². The number of aromatic nitrogens is 4. The van der Waals surface area contributed by atoms with Crippen molar-refractivity contribution in [1.82, 2.24) is 19.5 Å². The molecule has 4 aromatic heterocycles. The predicted molar refractivity (Wildman–Crippen MR) is 280 cm³/mol. The molecule has 12 heteroatoms. The van der Waals surface area contributed by atoms with Crippen LogP contribution in [0.15, 0.2) is 154 Å². The summed E-state index contributed by atoms with van der Waals surface area (Å²) in [6.07, 6.45) is 0. The molecule has 0 aliphatic heterocycles. The van der Waals surface area contributed by atoms with Crippen molar-refractivity contribution in [2.75, 3.05) is 0 Å². The van der Waals surface area contributed by atoms with Crippen molar-refractivity contribution >= 4 is 146 Å². The molecule has 290 valence electrons. The van der Waals surface area contributed by atoms with Gasteiger partial charge in [0.05, 0.1) is 0 Å². The summed E-state index contributed by atoms with van der Waals surface area (Å²) < 4.78 is 16.3. The first kappa shape index (κ1) is 37.3. The van der Waals surface area contributed by atoms with Crippen LogP contribution in [-0.2, 0) is 0 Å². The van der Waals surface area contributed by atoms with Crippen molar-refractivity contribution in [3.8, 4) is 51.0 Å². The Labute approximate surface area is 368 Å². The third-order valence-corrected chi connectivity index (χ3v) is 13.2. The predicted octanol–water partition coefficient (Wildman–Crippen LogP) is 2.99. The lowest BCUT2D eigenvalue weighted by atomic mass is 9.71. The normalized spacial score (nSPS) is 11.9. The molecule has 0 saturated heterocycles. The average Bonchev–Trinajstić information content (AvgIpc) is 4.01. The van der Waals surface area contributed by atoms with Crippen LogP contribution in [0.5, 0.6) is 0 Å². The lowest BCUT2D eigenvalue weighted by Crippen LogP contribution is -2.33. The average molecular weight is 802 g/mol. The molecule has 0 amide bonds. The monoisotopic (exact) mass is 802 g/mol. The fourth-order valence-corrected chi connectivity index (χ4v) is 9.93. The second-order valence-electron chi connectivity index (χ2n) is 17.1. The van der Waals surface area contributed by atoms with Crippen molar-refractivity contribution in [3.05, 3.63) is 146 Å². The highest BCUT2D eigenvalue weighted by Crippen LogP contribution is 2.44. The number of hydrogen-bond donors (Lipinski definition) is 0. The van der Waals surface area contributed by atoms with Gasteiger partial charge in [0.1, 0.15) is 69.4 Å². The first-order valence-electron chi connectivity index (χ1n) is 21.5. The number of hydrogen-bond acceptors (Lipinski definition) is 5. The molecule has 0 spiro atoms. The Morgan fingerprint density at radius 2 is 0.905 bits per heavy atom. The maximum absolute atomic E-state index is 7.10. The molecule has 12 rings (SSSR count). The zero-order chi connectivity index (χ0) is 42.7. The van der Waals surface area contributed by atoms with Crippen molar-refractivity contribution < 1.29 is 8.83 Å². The summed E-state index contributed by atoms with van der Waals surface area (Å²) >= 11 is 0. The van der Waals surface area contributed by atoms with Crippen LogP contribution in [0, 0.1) is 0 Å². The SMILES string of the molecule is Bc1cc(B)c2c(c1B)c1c(B)c(B)cc(B)c1n2-c1cc(-c2cccc3c2oc2ccccc23)c2oc3cc(-c4nc(-c5ccccc5)nc(-c5ccccc5)n4)ccc3c2c1. The van der Waals surface area contributed by atoms with Gasteiger partial charge in [-0.2, -0.15) is 0 Å². The van der Waals surface area contributed by atoms with E-state index in [4.69, 9.17) is 23.8 Å². The van der Waals surface area contributed by atoms with Crippen LogP contribution in [0.2, 0.25) is 0 Å². The van der Waals surface area contributed by atoms with Gasteiger partial charge in [0.25, 0.3) is 0 Å². The number of rotatable bonds is 5. The van der Waals surface area contributed by atoms with Crippen LogP contribution in [0.3, 0.4) is 0 Å². The molecule has 0 bridgehead atoms. The molecule has 6 nitrogen and oxygen atoms in total. The van der Waals surface area contributed by atoms with Crippen molar-refractivity contribution in [3.63, 3.8) is 0 Å². The van der Waals surface area contributed by atoms with Crippen LogP contribution in [0.25, 0.3) is 117 Å². The molecule has 0 fully saturated rings. The van der Waals surface area contributed by atoms with Gasteiger partial charge in [-0.05, 0) is 41.1 Å². The van der Waals surface area contributed by atoms with E-state index in [9.17, 15) is 0 Å². The summed E-state index contributed by atoms with van der Waals surface area (Å²) in [5, 5.41) is 6.80. The first-order chi connectivity index (χ1) is 30.7. The van der Waals surface area contributed by atoms with Gasteiger partial charge in [-0.25, -0.2) is 15.0 Å². The summed E-state index contributed by atoms with van der Waals surface area (Å²) in [6, 6.07) is 50.5. The molecular weight excluding hydrogens is 765 g/mol. The smallest absolute Gasteiger partial charge is 0.164 e. The van der Waals surface area contributed by atoms with E-state index in [1.807, 2.05) is 72.8 Å². The van der Waals surface area contributed by atoms with Gasteiger partial charge in [-0.15, -0.1) is 0 Å². The minimum absolute atomic E-state index is 0.575. The highest BCUT2D eigenvalue weighted by molar-refractivity contribution is 6.62. The van der Waals surface area contributed by atoms with E-state index in [2.05, 4.69) is 124 Å². The van der Waals surface area contributed by atoms with E-state index in [0.717, 1.165) is 77.4 Å². The van der Waals surface area contributed by atoms with Gasteiger partial charge in [-0.3, -0.25) is 0 Å². The van der Waals surface area contributed by atoms with Gasteiger partial charge in [0.2, 0.25) is 0 Å². The molecule has 0 aliphatic carbocycles. The lowest BCUT2D eigenvalue weighted by molar-refractivity contribution is 0.665. The zero-order valence-electron chi connectivity index (χ0n) is 36.0. The molecule has 63 heavy (non-hydrogen) atoms. The quantitative estimate of drug-likeness (QED) is 0.251. The minimum atomic E-state index is 0.575. The lowest BCUT2D eigenvalue weighted by Gasteiger charge is -2.15. The van der Waals surface area contributed by atoms with E-state index in [0.29, 0.717) is 17.5 Å². The zero-order valence-corrected chi connectivity index (χ0v) is 36.0. The summed E-state index contributed by atoms with van der Waals surface area (Å²) in [7, 11) is 13.5. The molecule has 0 radical (unpaired) electrons. The van der Waals surface area contributed by atoms with Crippen LogP contribution in [0.4, 0.5) is 0 Å². The van der Waals surface area contributed by atoms with Gasteiger partial charge < -0.3 is 13.4 Å². The van der Waals surface area contributed by atoms with Gasteiger partial charge >= 0.3 is 0 Å². The van der Waals surface area contributed by atoms with Crippen LogP contribution >= 0.6 is 0 Å². The Morgan fingerprint density at radius 1 is 0.381 bits per heavy atom. The van der Waals surface area contributed by atoms with Crippen molar-refractivity contribution in [2.45, 2.75) is 0 Å².